The molecule has 1 aliphatic carbocycles. The molecule has 1 heterocycles. The summed E-state index contributed by atoms with van der Waals surface area (Å²) in [6.45, 7) is 1.88. The lowest BCUT2D eigenvalue weighted by molar-refractivity contribution is -0.117. The monoisotopic (exact) mass is 375 g/mol. The summed E-state index contributed by atoms with van der Waals surface area (Å²) < 4.78 is 0. The average molecular weight is 375 g/mol. The van der Waals surface area contributed by atoms with Crippen LogP contribution < -0.4 is 16.2 Å². The number of carbonyl (C=O) groups excluding carboxylic acids is 2. The molecule has 1 fully saturated rings. The molecule has 1 saturated carbocycles. The second kappa shape index (κ2) is 7.31. The van der Waals surface area contributed by atoms with Gasteiger partial charge in [0.2, 0.25) is 11.5 Å². The van der Waals surface area contributed by atoms with Crippen molar-refractivity contribution >= 4 is 28.4 Å². The summed E-state index contributed by atoms with van der Waals surface area (Å²) in [5.41, 5.74) is 2.32. The number of hydrogen-bond acceptors (Lipinski definition) is 3. The Balaban J connectivity index is 1.49. The Bertz CT molecular complexity index is 1100. The van der Waals surface area contributed by atoms with E-state index in [1.54, 1.807) is 6.07 Å². The number of nitrogens with one attached hydrogen (secondary N) is 3. The third-order valence-electron chi connectivity index (χ3n) is 4.97. The van der Waals surface area contributed by atoms with Crippen LogP contribution in [0.25, 0.3) is 10.9 Å². The first-order valence-corrected chi connectivity index (χ1v) is 9.35. The minimum Gasteiger partial charge on any atom is -0.345 e. The first kappa shape index (κ1) is 18.0. The third kappa shape index (κ3) is 3.81. The molecule has 0 bridgehead atoms. The molecule has 3 N–H and O–H groups in total. The SMILES string of the molecule is CC(NC(=O)c1cc(=O)[nH]c2ccccc12)c1ccc(NC(=O)C2CC2)cc1. The van der Waals surface area contributed by atoms with Gasteiger partial charge in [0.25, 0.3) is 5.91 Å². The van der Waals surface area contributed by atoms with Crippen LogP contribution in [0.1, 0.15) is 41.7 Å². The number of rotatable bonds is 5. The molecule has 3 aromatic rings. The molecule has 142 valence electrons. The van der Waals surface area contributed by atoms with Crippen LogP contribution in [-0.2, 0) is 4.79 Å². The van der Waals surface area contributed by atoms with E-state index >= 15 is 0 Å². The Kier molecular flexibility index (Phi) is 4.69. The highest BCUT2D eigenvalue weighted by atomic mass is 16.2. The number of para-hydroxylation sites is 1. The third-order valence-corrected chi connectivity index (χ3v) is 4.97. The molecule has 0 spiro atoms. The number of carbonyl (C=O) groups is 2. The van der Waals surface area contributed by atoms with Gasteiger partial charge >= 0.3 is 0 Å². The zero-order valence-corrected chi connectivity index (χ0v) is 15.5. The first-order valence-electron chi connectivity index (χ1n) is 9.35. The van der Waals surface area contributed by atoms with Crippen molar-refractivity contribution in [1.29, 1.82) is 0 Å². The molecule has 0 radical (unpaired) electrons. The topological polar surface area (TPSA) is 91.1 Å². The Morgan fingerprint density at radius 2 is 1.79 bits per heavy atom. The van der Waals surface area contributed by atoms with Crippen molar-refractivity contribution < 1.29 is 9.59 Å². The van der Waals surface area contributed by atoms with Crippen LogP contribution in [0.3, 0.4) is 0 Å². The van der Waals surface area contributed by atoms with E-state index in [9.17, 15) is 14.4 Å². The van der Waals surface area contributed by atoms with Crippen molar-refractivity contribution in [2.45, 2.75) is 25.8 Å². The molecule has 2 amide bonds. The van der Waals surface area contributed by atoms with Gasteiger partial charge in [-0.05, 0) is 43.5 Å². The molecule has 2 aromatic carbocycles. The Labute approximate surface area is 162 Å². The predicted octanol–water partition coefficient (Wildman–Crippen LogP) is 3.37. The second-order valence-electron chi connectivity index (χ2n) is 7.17. The summed E-state index contributed by atoms with van der Waals surface area (Å²) in [5.74, 6) is -0.0853. The zero-order valence-electron chi connectivity index (χ0n) is 15.5. The van der Waals surface area contributed by atoms with E-state index < -0.39 is 0 Å². The van der Waals surface area contributed by atoms with Crippen LogP contribution in [0.4, 0.5) is 5.69 Å². The van der Waals surface area contributed by atoms with Crippen molar-refractivity contribution in [3.05, 3.63) is 76.1 Å². The van der Waals surface area contributed by atoms with Gasteiger partial charge in [0.15, 0.2) is 0 Å². The highest BCUT2D eigenvalue weighted by Crippen LogP contribution is 2.30. The van der Waals surface area contributed by atoms with Crippen molar-refractivity contribution in [3.8, 4) is 0 Å². The number of benzene rings is 2. The van der Waals surface area contributed by atoms with Crippen molar-refractivity contribution in [2.24, 2.45) is 5.92 Å². The fourth-order valence-corrected chi connectivity index (χ4v) is 3.20. The molecule has 0 aliphatic heterocycles. The van der Waals surface area contributed by atoms with Crippen LogP contribution in [0.2, 0.25) is 0 Å². The maximum Gasteiger partial charge on any atom is 0.252 e. The van der Waals surface area contributed by atoms with E-state index in [2.05, 4.69) is 15.6 Å². The molecular formula is C22H21N3O3. The predicted molar refractivity (Wildman–Crippen MR) is 108 cm³/mol. The zero-order chi connectivity index (χ0) is 19.7. The maximum atomic E-state index is 12.8. The Morgan fingerprint density at radius 1 is 1.07 bits per heavy atom. The number of H-pyrrole nitrogens is 1. The van der Waals surface area contributed by atoms with Gasteiger partial charge in [0, 0.05) is 28.6 Å². The lowest BCUT2D eigenvalue weighted by Gasteiger charge is -2.16. The molecule has 0 saturated heterocycles. The highest BCUT2D eigenvalue weighted by molar-refractivity contribution is 6.06. The van der Waals surface area contributed by atoms with Gasteiger partial charge in [-0.3, -0.25) is 14.4 Å². The number of aromatic nitrogens is 1. The second-order valence-corrected chi connectivity index (χ2v) is 7.17. The molecule has 28 heavy (non-hydrogen) atoms. The van der Waals surface area contributed by atoms with E-state index in [0.29, 0.717) is 16.5 Å². The summed E-state index contributed by atoms with van der Waals surface area (Å²) in [5, 5.41) is 6.54. The van der Waals surface area contributed by atoms with Crippen molar-refractivity contribution in [3.63, 3.8) is 0 Å². The lowest BCUT2D eigenvalue weighted by Crippen LogP contribution is -2.28. The maximum absolute atomic E-state index is 12.8. The van der Waals surface area contributed by atoms with Gasteiger partial charge in [-0.25, -0.2) is 0 Å². The lowest BCUT2D eigenvalue weighted by atomic mass is 10.1. The van der Waals surface area contributed by atoms with Gasteiger partial charge in [0.1, 0.15) is 0 Å². The Hall–Kier alpha value is -3.41. The van der Waals surface area contributed by atoms with E-state index in [1.807, 2.05) is 49.4 Å². The molecule has 4 rings (SSSR count). The fraction of sp³-hybridized carbons (Fsp3) is 0.227. The van der Waals surface area contributed by atoms with E-state index in [-0.39, 0.29) is 29.3 Å². The van der Waals surface area contributed by atoms with Crippen LogP contribution >= 0.6 is 0 Å². The minimum absolute atomic E-state index is 0.0651. The van der Waals surface area contributed by atoms with Crippen molar-refractivity contribution in [1.82, 2.24) is 10.3 Å². The van der Waals surface area contributed by atoms with Gasteiger partial charge in [-0.15, -0.1) is 0 Å². The van der Waals surface area contributed by atoms with Gasteiger partial charge in [-0.1, -0.05) is 30.3 Å². The molecule has 6 heteroatoms. The number of pyridine rings is 1. The summed E-state index contributed by atoms with van der Waals surface area (Å²) in [7, 11) is 0. The normalized spacial score (nSPS) is 14.5. The molecular weight excluding hydrogens is 354 g/mol. The van der Waals surface area contributed by atoms with Crippen LogP contribution in [-0.4, -0.2) is 16.8 Å². The van der Waals surface area contributed by atoms with Gasteiger partial charge in [0.05, 0.1) is 11.6 Å². The number of hydrogen-bond donors (Lipinski definition) is 3. The summed E-state index contributed by atoms with van der Waals surface area (Å²) in [6, 6.07) is 15.7. The smallest absolute Gasteiger partial charge is 0.252 e. The van der Waals surface area contributed by atoms with E-state index in [1.165, 1.54) is 6.07 Å². The Morgan fingerprint density at radius 3 is 2.50 bits per heavy atom. The van der Waals surface area contributed by atoms with Crippen LogP contribution in [0.5, 0.6) is 0 Å². The molecule has 1 aromatic heterocycles. The number of amides is 2. The van der Waals surface area contributed by atoms with E-state index in [0.717, 1.165) is 24.1 Å². The number of aromatic amines is 1. The summed E-state index contributed by atoms with van der Waals surface area (Å²) in [4.78, 5) is 39.2. The summed E-state index contributed by atoms with van der Waals surface area (Å²) in [6.07, 6.45) is 1.92. The average Bonchev–Trinajstić information content (AvgIpc) is 3.53. The highest BCUT2D eigenvalue weighted by Gasteiger charge is 2.29. The molecule has 6 nitrogen and oxygen atoms in total. The standard InChI is InChI=1S/C22H21N3O3/c1-13(14-8-10-16(11-9-14)24-21(27)15-6-7-15)23-22(28)18-12-20(26)25-19-5-3-2-4-17(18)19/h2-5,8-13,15H,6-7H2,1H3,(H,23,28)(H,24,27)(H,25,26). The molecule has 1 atom stereocenters. The first-order chi connectivity index (χ1) is 13.5. The van der Waals surface area contributed by atoms with E-state index in [4.69, 9.17) is 0 Å². The van der Waals surface area contributed by atoms with Gasteiger partial charge < -0.3 is 15.6 Å². The molecule has 1 aliphatic rings. The minimum atomic E-state index is -0.313. The van der Waals surface area contributed by atoms with Crippen LogP contribution in [0, 0.1) is 5.92 Å². The molecule has 1 unspecified atom stereocenters. The quantitative estimate of drug-likeness (QED) is 0.638. The summed E-state index contributed by atoms with van der Waals surface area (Å²) >= 11 is 0. The van der Waals surface area contributed by atoms with Crippen molar-refractivity contribution in [2.75, 3.05) is 5.32 Å². The largest absolute Gasteiger partial charge is 0.345 e. The number of fused-ring (bicyclic) bond motifs is 1. The number of anilines is 1. The fourth-order valence-electron chi connectivity index (χ4n) is 3.20. The van der Waals surface area contributed by atoms with Gasteiger partial charge in [-0.2, -0.15) is 0 Å². The van der Waals surface area contributed by atoms with Crippen LogP contribution in [0.15, 0.2) is 59.4 Å².